The van der Waals surface area contributed by atoms with Crippen LogP contribution in [0.5, 0.6) is 11.5 Å². The smallest absolute Gasteiger partial charge is 0.251 e. The molecule has 1 aromatic carbocycles. The maximum atomic E-state index is 12.6. The number of pyridine rings is 1. The van der Waals surface area contributed by atoms with Crippen LogP contribution in [0.25, 0.3) is 0 Å². The average Bonchev–Trinajstić information content (AvgIpc) is 3.23. The zero-order valence-electron chi connectivity index (χ0n) is 18.3. The third-order valence-electron chi connectivity index (χ3n) is 5.05. The van der Waals surface area contributed by atoms with Crippen molar-refractivity contribution >= 4 is 39.8 Å². The number of nitrogens with one attached hydrogen (secondary N) is 2. The molecule has 0 saturated carbocycles. The van der Waals surface area contributed by atoms with E-state index >= 15 is 0 Å². The van der Waals surface area contributed by atoms with Gasteiger partial charge in [-0.1, -0.05) is 11.6 Å². The highest BCUT2D eigenvalue weighted by atomic mass is 35.5. The van der Waals surface area contributed by atoms with Crippen molar-refractivity contribution in [3.8, 4) is 11.5 Å². The number of halogens is 1. The molecule has 0 atom stereocenters. The van der Waals surface area contributed by atoms with Gasteiger partial charge in [-0.25, -0.2) is 9.97 Å². The molecule has 4 rings (SSSR count). The van der Waals surface area contributed by atoms with Gasteiger partial charge in [-0.2, -0.15) is 0 Å². The summed E-state index contributed by atoms with van der Waals surface area (Å²) in [6.07, 6.45) is 2.52. The number of aryl methyl sites for hydroxylation is 1. The van der Waals surface area contributed by atoms with Crippen LogP contribution in [0.3, 0.4) is 0 Å². The summed E-state index contributed by atoms with van der Waals surface area (Å²) in [5.74, 6) is 1.40. The van der Waals surface area contributed by atoms with E-state index in [-0.39, 0.29) is 5.91 Å². The number of rotatable bonds is 9. The molecule has 1 aliphatic rings. The number of hydrogen-bond acceptors (Lipinski definition) is 8. The highest BCUT2D eigenvalue weighted by molar-refractivity contribution is 7.13. The molecule has 1 fully saturated rings. The van der Waals surface area contributed by atoms with E-state index in [0.29, 0.717) is 34.4 Å². The van der Waals surface area contributed by atoms with E-state index in [0.717, 1.165) is 50.1 Å². The summed E-state index contributed by atoms with van der Waals surface area (Å²) in [7, 11) is 0. The Bertz CT molecular complexity index is 1090. The highest BCUT2D eigenvalue weighted by Gasteiger charge is 2.13. The van der Waals surface area contributed by atoms with Gasteiger partial charge < -0.3 is 20.1 Å². The summed E-state index contributed by atoms with van der Waals surface area (Å²) in [4.78, 5) is 23.6. The predicted molar refractivity (Wildman–Crippen MR) is 130 cm³/mol. The second-order valence-electron chi connectivity index (χ2n) is 7.61. The fourth-order valence-corrected chi connectivity index (χ4v) is 4.20. The van der Waals surface area contributed by atoms with Crippen LogP contribution >= 0.6 is 22.9 Å². The monoisotopic (exact) mass is 487 g/mol. The standard InChI is InChI=1S/C23H26ClN5O3S/c1-16-15-33-23(27-16)28-21-14-18(5-7-25-21)32-20-13-17(3-4-19(20)24)22(30)26-6-2-8-29-9-11-31-12-10-29/h3-5,7,13-15H,2,6,8-12H2,1H3,(H,26,30)(H,25,27,28). The van der Waals surface area contributed by atoms with Crippen molar-refractivity contribution in [2.24, 2.45) is 0 Å². The molecular formula is C23H26ClN5O3S. The first-order valence-corrected chi connectivity index (χ1v) is 12.0. The van der Waals surface area contributed by atoms with Gasteiger partial charge in [0, 0.05) is 42.8 Å². The van der Waals surface area contributed by atoms with Crippen LogP contribution in [0.2, 0.25) is 5.02 Å². The minimum absolute atomic E-state index is 0.158. The van der Waals surface area contributed by atoms with E-state index in [1.165, 1.54) is 11.3 Å². The van der Waals surface area contributed by atoms with Gasteiger partial charge in [-0.05, 0) is 44.2 Å². The van der Waals surface area contributed by atoms with E-state index in [9.17, 15) is 4.79 Å². The van der Waals surface area contributed by atoms with Crippen molar-refractivity contribution in [2.75, 3.05) is 44.7 Å². The molecular weight excluding hydrogens is 462 g/mol. The number of carbonyl (C=O) groups excluding carboxylic acids is 1. The summed E-state index contributed by atoms with van der Waals surface area (Å²) in [5.41, 5.74) is 1.43. The number of amides is 1. The summed E-state index contributed by atoms with van der Waals surface area (Å²) in [6, 6.07) is 8.49. The molecule has 1 aliphatic heterocycles. The fraction of sp³-hybridized carbons (Fsp3) is 0.348. The number of thiazole rings is 1. The van der Waals surface area contributed by atoms with Crippen LogP contribution < -0.4 is 15.4 Å². The number of aromatic nitrogens is 2. The number of benzene rings is 1. The number of anilines is 2. The Hall–Kier alpha value is -2.72. The molecule has 0 unspecified atom stereocenters. The Morgan fingerprint density at radius 3 is 2.91 bits per heavy atom. The van der Waals surface area contributed by atoms with Crippen LogP contribution in [0.1, 0.15) is 22.5 Å². The molecule has 3 heterocycles. The molecule has 0 bridgehead atoms. The number of nitrogens with zero attached hydrogens (tertiary/aromatic N) is 3. The molecule has 0 aliphatic carbocycles. The quantitative estimate of drug-likeness (QED) is 0.430. The lowest BCUT2D eigenvalue weighted by Gasteiger charge is -2.26. The van der Waals surface area contributed by atoms with E-state index in [1.807, 2.05) is 12.3 Å². The first kappa shape index (κ1) is 23.4. The molecule has 8 nitrogen and oxygen atoms in total. The molecule has 0 spiro atoms. The van der Waals surface area contributed by atoms with Gasteiger partial charge in [0.2, 0.25) is 0 Å². The molecule has 2 N–H and O–H groups in total. The summed E-state index contributed by atoms with van der Waals surface area (Å²) < 4.78 is 11.3. The molecule has 10 heteroatoms. The van der Waals surface area contributed by atoms with Crippen LogP contribution in [-0.2, 0) is 4.74 Å². The van der Waals surface area contributed by atoms with Crippen LogP contribution in [-0.4, -0.2) is 60.2 Å². The normalized spacial score (nSPS) is 14.1. The number of carbonyl (C=O) groups is 1. The molecule has 33 heavy (non-hydrogen) atoms. The molecule has 3 aromatic rings. The maximum absolute atomic E-state index is 12.6. The Morgan fingerprint density at radius 2 is 2.12 bits per heavy atom. The zero-order valence-corrected chi connectivity index (χ0v) is 19.9. The van der Waals surface area contributed by atoms with Gasteiger partial charge in [-0.3, -0.25) is 9.69 Å². The maximum Gasteiger partial charge on any atom is 0.251 e. The Balaban J connectivity index is 1.34. The molecule has 1 saturated heterocycles. The van der Waals surface area contributed by atoms with E-state index in [4.69, 9.17) is 21.1 Å². The van der Waals surface area contributed by atoms with Crippen molar-refractivity contribution in [3.05, 3.63) is 58.2 Å². The first-order valence-electron chi connectivity index (χ1n) is 10.8. The van der Waals surface area contributed by atoms with Gasteiger partial charge in [0.1, 0.15) is 17.3 Å². The number of hydrogen-bond donors (Lipinski definition) is 2. The van der Waals surface area contributed by atoms with E-state index in [2.05, 4.69) is 25.5 Å². The first-order chi connectivity index (χ1) is 16.1. The van der Waals surface area contributed by atoms with Crippen molar-refractivity contribution in [1.82, 2.24) is 20.2 Å². The second-order valence-corrected chi connectivity index (χ2v) is 8.87. The topological polar surface area (TPSA) is 88.6 Å². The van der Waals surface area contributed by atoms with Crippen LogP contribution in [0, 0.1) is 6.92 Å². The van der Waals surface area contributed by atoms with E-state index < -0.39 is 0 Å². The lowest BCUT2D eigenvalue weighted by atomic mass is 10.2. The Morgan fingerprint density at radius 1 is 1.27 bits per heavy atom. The van der Waals surface area contributed by atoms with Crippen LogP contribution in [0.15, 0.2) is 41.9 Å². The van der Waals surface area contributed by atoms with Gasteiger partial charge >= 0.3 is 0 Å². The highest BCUT2D eigenvalue weighted by Crippen LogP contribution is 2.31. The van der Waals surface area contributed by atoms with E-state index in [1.54, 1.807) is 36.5 Å². The summed E-state index contributed by atoms with van der Waals surface area (Å²) >= 11 is 7.82. The predicted octanol–water partition coefficient (Wildman–Crippen LogP) is 4.49. The summed E-state index contributed by atoms with van der Waals surface area (Å²) in [5, 5.41) is 9.25. The molecule has 0 radical (unpaired) electrons. The Kier molecular flexibility index (Phi) is 8.11. The van der Waals surface area contributed by atoms with Gasteiger partial charge in [-0.15, -0.1) is 11.3 Å². The van der Waals surface area contributed by atoms with Crippen LogP contribution in [0.4, 0.5) is 10.9 Å². The van der Waals surface area contributed by atoms with Gasteiger partial charge in [0.15, 0.2) is 5.13 Å². The largest absolute Gasteiger partial charge is 0.456 e. The lowest BCUT2D eigenvalue weighted by Crippen LogP contribution is -2.38. The molecule has 174 valence electrons. The van der Waals surface area contributed by atoms with Crippen molar-refractivity contribution < 1.29 is 14.3 Å². The van der Waals surface area contributed by atoms with Crippen molar-refractivity contribution in [3.63, 3.8) is 0 Å². The number of ether oxygens (including phenoxy) is 2. The Labute approximate surface area is 201 Å². The molecule has 1 amide bonds. The van der Waals surface area contributed by atoms with Crippen molar-refractivity contribution in [1.29, 1.82) is 0 Å². The third kappa shape index (κ3) is 6.88. The fourth-order valence-electron chi connectivity index (χ4n) is 3.35. The molecule has 2 aromatic heterocycles. The minimum Gasteiger partial charge on any atom is -0.456 e. The van der Waals surface area contributed by atoms with Gasteiger partial charge in [0.05, 0.1) is 23.9 Å². The summed E-state index contributed by atoms with van der Waals surface area (Å²) in [6.45, 7) is 6.92. The second kappa shape index (κ2) is 11.4. The number of morpholine rings is 1. The lowest BCUT2D eigenvalue weighted by molar-refractivity contribution is 0.0374. The third-order valence-corrected chi connectivity index (χ3v) is 6.23. The SMILES string of the molecule is Cc1csc(Nc2cc(Oc3cc(C(=O)NCCCN4CCOCC4)ccc3Cl)ccn2)n1. The van der Waals surface area contributed by atoms with Gasteiger partial charge in [0.25, 0.3) is 5.91 Å². The zero-order chi connectivity index (χ0) is 23.0. The average molecular weight is 488 g/mol. The van der Waals surface area contributed by atoms with Crippen molar-refractivity contribution in [2.45, 2.75) is 13.3 Å². The minimum atomic E-state index is -0.158.